The van der Waals surface area contributed by atoms with Gasteiger partial charge in [-0.05, 0) is 35.9 Å². The van der Waals surface area contributed by atoms with Crippen LogP contribution in [0.5, 0.6) is 5.75 Å². The number of carbonyl (C=O) groups is 1. The Bertz CT molecular complexity index is 765. The third-order valence-corrected chi connectivity index (χ3v) is 3.60. The first kappa shape index (κ1) is 14.0. The van der Waals surface area contributed by atoms with Crippen LogP contribution in [0.1, 0.15) is 11.1 Å². The summed E-state index contributed by atoms with van der Waals surface area (Å²) in [5.74, 6) is 0.644. The van der Waals surface area contributed by atoms with Crippen molar-refractivity contribution in [2.24, 2.45) is 0 Å². The molecule has 2 aromatic rings. The van der Waals surface area contributed by atoms with E-state index in [1.165, 1.54) is 0 Å². The molecular formula is C17H15N3O2. The minimum Gasteiger partial charge on any atom is -0.482 e. The molecular weight excluding hydrogens is 278 g/mol. The second-order valence-electron chi connectivity index (χ2n) is 5.09. The van der Waals surface area contributed by atoms with Crippen molar-refractivity contribution < 1.29 is 9.53 Å². The number of nitrogens with zero attached hydrogens (tertiary/aromatic N) is 2. The molecule has 0 atom stereocenters. The van der Waals surface area contributed by atoms with Gasteiger partial charge in [-0.25, -0.2) is 0 Å². The number of nitrogens with one attached hydrogen (secondary N) is 1. The molecule has 1 aliphatic heterocycles. The van der Waals surface area contributed by atoms with E-state index >= 15 is 0 Å². The molecule has 0 spiro atoms. The van der Waals surface area contributed by atoms with E-state index in [2.05, 4.69) is 11.4 Å². The largest absolute Gasteiger partial charge is 0.482 e. The lowest BCUT2D eigenvalue weighted by Gasteiger charge is -2.26. The third-order valence-electron chi connectivity index (χ3n) is 3.60. The zero-order chi connectivity index (χ0) is 15.5. The maximum absolute atomic E-state index is 11.7. The second kappa shape index (κ2) is 5.78. The Morgan fingerprint density at radius 1 is 1.32 bits per heavy atom. The Kier molecular flexibility index (Phi) is 3.67. The first-order valence-corrected chi connectivity index (χ1v) is 6.94. The van der Waals surface area contributed by atoms with E-state index < -0.39 is 0 Å². The Labute approximate surface area is 128 Å². The van der Waals surface area contributed by atoms with Crippen molar-refractivity contribution in [3.63, 3.8) is 0 Å². The van der Waals surface area contributed by atoms with Crippen LogP contribution in [-0.4, -0.2) is 19.6 Å². The van der Waals surface area contributed by atoms with E-state index in [0.717, 1.165) is 16.9 Å². The van der Waals surface area contributed by atoms with Crippen molar-refractivity contribution in [3.8, 4) is 11.8 Å². The zero-order valence-corrected chi connectivity index (χ0v) is 12.2. The molecule has 5 heteroatoms. The first-order chi connectivity index (χ1) is 10.7. The van der Waals surface area contributed by atoms with Gasteiger partial charge in [0.15, 0.2) is 6.61 Å². The van der Waals surface area contributed by atoms with E-state index in [1.54, 1.807) is 18.0 Å². The summed E-state index contributed by atoms with van der Waals surface area (Å²) >= 11 is 0. The molecule has 22 heavy (non-hydrogen) atoms. The van der Waals surface area contributed by atoms with Gasteiger partial charge in [-0.1, -0.05) is 12.1 Å². The van der Waals surface area contributed by atoms with Crippen LogP contribution in [0.4, 0.5) is 11.4 Å². The fourth-order valence-electron chi connectivity index (χ4n) is 2.34. The van der Waals surface area contributed by atoms with Crippen LogP contribution in [0.15, 0.2) is 42.5 Å². The summed E-state index contributed by atoms with van der Waals surface area (Å²) in [6.07, 6.45) is 0. The highest BCUT2D eigenvalue weighted by molar-refractivity contribution is 5.97. The summed E-state index contributed by atoms with van der Waals surface area (Å²) in [5, 5.41) is 12.2. The van der Waals surface area contributed by atoms with Crippen molar-refractivity contribution in [2.45, 2.75) is 6.54 Å². The number of likely N-dealkylation sites (N-methyl/N-ethyl adjacent to an activating group) is 1. The molecule has 5 nitrogen and oxygen atoms in total. The van der Waals surface area contributed by atoms with Crippen molar-refractivity contribution in [1.82, 2.24) is 0 Å². The summed E-state index contributed by atoms with van der Waals surface area (Å²) in [4.78, 5) is 13.3. The Morgan fingerprint density at radius 2 is 2.18 bits per heavy atom. The summed E-state index contributed by atoms with van der Waals surface area (Å²) in [7, 11) is 1.74. The monoisotopic (exact) mass is 293 g/mol. The zero-order valence-electron chi connectivity index (χ0n) is 12.2. The Morgan fingerprint density at radius 3 is 3.00 bits per heavy atom. The molecule has 110 valence electrons. The number of amides is 1. The normalized spacial score (nSPS) is 13.1. The van der Waals surface area contributed by atoms with E-state index in [-0.39, 0.29) is 12.5 Å². The first-order valence-electron chi connectivity index (χ1n) is 6.94. The van der Waals surface area contributed by atoms with Gasteiger partial charge in [-0.3, -0.25) is 4.79 Å². The highest BCUT2D eigenvalue weighted by Gasteiger charge is 2.22. The molecule has 0 radical (unpaired) electrons. The van der Waals surface area contributed by atoms with Crippen molar-refractivity contribution in [2.75, 3.05) is 23.9 Å². The highest BCUT2D eigenvalue weighted by atomic mass is 16.5. The van der Waals surface area contributed by atoms with Crippen LogP contribution in [0.25, 0.3) is 0 Å². The van der Waals surface area contributed by atoms with Gasteiger partial charge in [0.2, 0.25) is 0 Å². The summed E-state index contributed by atoms with van der Waals surface area (Å²) < 4.78 is 5.40. The summed E-state index contributed by atoms with van der Waals surface area (Å²) in [6.45, 7) is 0.685. The number of anilines is 2. The molecule has 0 bridgehead atoms. The van der Waals surface area contributed by atoms with Crippen LogP contribution < -0.4 is 15.0 Å². The number of rotatable bonds is 3. The number of hydrogen-bond acceptors (Lipinski definition) is 4. The number of fused-ring (bicyclic) bond motifs is 1. The standard InChI is InChI=1S/C17H15N3O2/c1-20-15-8-14(5-6-16(15)22-11-17(20)21)19-10-13-4-2-3-12(7-13)9-18/h2-8,19H,10-11H2,1H3. The lowest BCUT2D eigenvalue weighted by atomic mass is 10.1. The maximum Gasteiger partial charge on any atom is 0.264 e. The molecule has 0 fully saturated rings. The van der Waals surface area contributed by atoms with Crippen molar-refractivity contribution in [1.29, 1.82) is 5.26 Å². The van der Waals surface area contributed by atoms with Crippen LogP contribution in [0, 0.1) is 11.3 Å². The van der Waals surface area contributed by atoms with Gasteiger partial charge in [0.05, 0.1) is 17.3 Å². The van der Waals surface area contributed by atoms with Gasteiger partial charge in [-0.2, -0.15) is 5.26 Å². The fraction of sp³-hybridized carbons (Fsp3) is 0.176. The molecule has 0 saturated heterocycles. The second-order valence-corrected chi connectivity index (χ2v) is 5.09. The minimum atomic E-state index is -0.0635. The number of carbonyl (C=O) groups excluding carboxylic acids is 1. The molecule has 0 aromatic heterocycles. The number of benzene rings is 2. The predicted octanol–water partition coefficient (Wildman–Crippen LogP) is 2.53. The van der Waals surface area contributed by atoms with Crippen molar-refractivity contribution >= 4 is 17.3 Å². The molecule has 1 aliphatic rings. The Hall–Kier alpha value is -3.00. The van der Waals surface area contributed by atoms with Crippen LogP contribution in [0.2, 0.25) is 0 Å². The van der Waals surface area contributed by atoms with Gasteiger partial charge in [0.1, 0.15) is 5.75 Å². The SMILES string of the molecule is CN1C(=O)COc2ccc(NCc3cccc(C#N)c3)cc21. The van der Waals surface area contributed by atoms with Gasteiger partial charge < -0.3 is 15.0 Å². The van der Waals surface area contributed by atoms with Gasteiger partial charge in [0, 0.05) is 19.3 Å². The van der Waals surface area contributed by atoms with Crippen LogP contribution in [-0.2, 0) is 11.3 Å². The lowest BCUT2D eigenvalue weighted by Crippen LogP contribution is -2.35. The number of nitriles is 1. The molecule has 1 N–H and O–H groups in total. The third kappa shape index (κ3) is 2.72. The van der Waals surface area contributed by atoms with Gasteiger partial charge in [0.25, 0.3) is 5.91 Å². The van der Waals surface area contributed by atoms with Crippen LogP contribution in [0.3, 0.4) is 0 Å². The summed E-state index contributed by atoms with van der Waals surface area (Å²) in [6, 6.07) is 15.2. The van der Waals surface area contributed by atoms with Crippen LogP contribution >= 0.6 is 0 Å². The topological polar surface area (TPSA) is 65.4 Å². The fourth-order valence-corrected chi connectivity index (χ4v) is 2.34. The maximum atomic E-state index is 11.7. The lowest BCUT2D eigenvalue weighted by molar-refractivity contribution is -0.120. The molecule has 0 unspecified atom stereocenters. The molecule has 1 heterocycles. The quantitative estimate of drug-likeness (QED) is 0.944. The highest BCUT2D eigenvalue weighted by Crippen LogP contribution is 2.33. The molecule has 2 aromatic carbocycles. The molecule has 1 amide bonds. The molecule has 0 aliphatic carbocycles. The smallest absolute Gasteiger partial charge is 0.264 e. The van der Waals surface area contributed by atoms with E-state index in [1.807, 2.05) is 36.4 Å². The number of hydrogen-bond donors (Lipinski definition) is 1. The van der Waals surface area contributed by atoms with E-state index in [4.69, 9.17) is 10.00 Å². The minimum absolute atomic E-state index is 0.0635. The van der Waals surface area contributed by atoms with E-state index in [0.29, 0.717) is 17.9 Å². The predicted molar refractivity (Wildman–Crippen MR) is 83.8 cm³/mol. The average Bonchev–Trinajstić information content (AvgIpc) is 2.57. The molecule has 3 rings (SSSR count). The number of ether oxygens (including phenoxy) is 1. The van der Waals surface area contributed by atoms with Gasteiger partial charge in [-0.15, -0.1) is 0 Å². The van der Waals surface area contributed by atoms with E-state index in [9.17, 15) is 4.79 Å². The Balaban J connectivity index is 1.76. The average molecular weight is 293 g/mol. The van der Waals surface area contributed by atoms with Gasteiger partial charge >= 0.3 is 0 Å². The summed E-state index contributed by atoms with van der Waals surface area (Å²) in [5.41, 5.74) is 3.32. The molecule has 0 saturated carbocycles. The van der Waals surface area contributed by atoms with Crippen molar-refractivity contribution in [3.05, 3.63) is 53.6 Å².